The molecule has 2 heteroatoms. The van der Waals surface area contributed by atoms with Crippen LogP contribution in [-0.4, -0.2) is 4.57 Å². The number of para-hydroxylation sites is 1. The third-order valence-electron chi connectivity index (χ3n) is 3.41. The van der Waals surface area contributed by atoms with Crippen LogP contribution in [0.15, 0.2) is 59.1 Å². The van der Waals surface area contributed by atoms with Gasteiger partial charge in [-0.1, -0.05) is 52.3 Å². The number of benzene rings is 2. The predicted octanol–water partition coefficient (Wildman–Crippen LogP) is 5.65. The molecule has 0 aliphatic rings. The highest BCUT2D eigenvalue weighted by Gasteiger charge is 2.14. The summed E-state index contributed by atoms with van der Waals surface area (Å²) in [7, 11) is 0. The van der Waals surface area contributed by atoms with Crippen LogP contribution in [0.4, 0.5) is 0 Å². The van der Waals surface area contributed by atoms with Crippen molar-refractivity contribution < 1.29 is 0 Å². The first-order chi connectivity index (χ1) is 9.18. The first-order valence-corrected chi connectivity index (χ1v) is 7.32. The fourth-order valence-corrected chi connectivity index (χ4v) is 3.10. The van der Waals surface area contributed by atoms with Crippen LogP contribution in [-0.2, 0) is 0 Å². The van der Waals surface area contributed by atoms with E-state index >= 15 is 0 Å². The maximum Gasteiger partial charge on any atom is 0.0505 e. The van der Waals surface area contributed by atoms with E-state index in [4.69, 9.17) is 0 Å². The zero-order chi connectivity index (χ0) is 13.4. The summed E-state index contributed by atoms with van der Waals surface area (Å²) in [5.41, 5.74) is 3.80. The highest BCUT2D eigenvalue weighted by atomic mass is 79.9. The molecule has 0 saturated carbocycles. The smallest absolute Gasteiger partial charge is 0.0505 e. The Morgan fingerprint density at radius 2 is 1.63 bits per heavy atom. The van der Waals surface area contributed by atoms with Gasteiger partial charge in [0.05, 0.1) is 5.69 Å². The number of fused-ring (bicyclic) bond motifs is 1. The normalized spacial score (nSPS) is 11.4. The summed E-state index contributed by atoms with van der Waals surface area (Å²) >= 11 is 3.66. The van der Waals surface area contributed by atoms with Crippen LogP contribution in [0.2, 0.25) is 0 Å². The van der Waals surface area contributed by atoms with E-state index in [1.165, 1.54) is 22.2 Å². The second-order valence-corrected chi connectivity index (χ2v) is 5.89. The third kappa shape index (κ3) is 2.10. The molecular formula is C17H16BrN. The molecule has 2 aromatic carbocycles. The molecule has 0 radical (unpaired) electrons. The Bertz CT molecular complexity index is 725. The van der Waals surface area contributed by atoms with Gasteiger partial charge in [0.25, 0.3) is 0 Å². The molecule has 0 bridgehead atoms. The topological polar surface area (TPSA) is 4.93 Å². The van der Waals surface area contributed by atoms with Gasteiger partial charge in [0.2, 0.25) is 0 Å². The average Bonchev–Trinajstić information content (AvgIpc) is 2.78. The van der Waals surface area contributed by atoms with Crippen molar-refractivity contribution >= 4 is 26.8 Å². The molecule has 96 valence electrons. The molecule has 3 rings (SSSR count). The first-order valence-electron chi connectivity index (χ1n) is 6.53. The SMILES string of the molecule is CC(C)n1c(-c2ccccc2Br)cc2ccccc21. The maximum atomic E-state index is 3.66. The Labute approximate surface area is 122 Å². The van der Waals surface area contributed by atoms with Crippen LogP contribution in [0.1, 0.15) is 19.9 Å². The quantitative estimate of drug-likeness (QED) is 0.576. The molecule has 0 aliphatic carbocycles. The number of hydrogen-bond donors (Lipinski definition) is 0. The average molecular weight is 314 g/mol. The van der Waals surface area contributed by atoms with Gasteiger partial charge in [0, 0.05) is 27.0 Å². The summed E-state index contributed by atoms with van der Waals surface area (Å²) in [5, 5.41) is 1.29. The maximum absolute atomic E-state index is 3.66. The van der Waals surface area contributed by atoms with Gasteiger partial charge in [-0.3, -0.25) is 0 Å². The van der Waals surface area contributed by atoms with Gasteiger partial charge in [-0.25, -0.2) is 0 Å². The second kappa shape index (κ2) is 4.86. The summed E-state index contributed by atoms with van der Waals surface area (Å²) in [6.45, 7) is 4.46. The molecular weight excluding hydrogens is 298 g/mol. The van der Waals surface area contributed by atoms with Crippen LogP contribution in [0.25, 0.3) is 22.2 Å². The summed E-state index contributed by atoms with van der Waals surface area (Å²) in [5.74, 6) is 0. The molecule has 0 amide bonds. The van der Waals surface area contributed by atoms with Crippen molar-refractivity contribution in [2.75, 3.05) is 0 Å². The third-order valence-corrected chi connectivity index (χ3v) is 4.11. The molecule has 1 aromatic heterocycles. The Morgan fingerprint density at radius 1 is 0.947 bits per heavy atom. The van der Waals surface area contributed by atoms with Crippen molar-refractivity contribution in [2.24, 2.45) is 0 Å². The molecule has 0 saturated heterocycles. The minimum absolute atomic E-state index is 0.432. The van der Waals surface area contributed by atoms with E-state index in [1.54, 1.807) is 0 Å². The highest BCUT2D eigenvalue weighted by molar-refractivity contribution is 9.10. The van der Waals surface area contributed by atoms with E-state index in [-0.39, 0.29) is 0 Å². The highest BCUT2D eigenvalue weighted by Crippen LogP contribution is 2.34. The van der Waals surface area contributed by atoms with Crippen molar-refractivity contribution in [2.45, 2.75) is 19.9 Å². The summed E-state index contributed by atoms with van der Waals surface area (Å²) in [6, 6.07) is 19.7. The molecule has 0 unspecified atom stereocenters. The van der Waals surface area contributed by atoms with Crippen LogP contribution in [0, 0.1) is 0 Å². The van der Waals surface area contributed by atoms with Crippen molar-refractivity contribution in [1.82, 2.24) is 4.57 Å². The second-order valence-electron chi connectivity index (χ2n) is 5.03. The monoisotopic (exact) mass is 313 g/mol. The van der Waals surface area contributed by atoms with E-state index in [0.717, 1.165) is 4.47 Å². The fourth-order valence-electron chi connectivity index (χ4n) is 2.61. The van der Waals surface area contributed by atoms with Crippen molar-refractivity contribution in [3.63, 3.8) is 0 Å². The van der Waals surface area contributed by atoms with Crippen molar-refractivity contribution in [1.29, 1.82) is 0 Å². The minimum Gasteiger partial charge on any atom is -0.338 e. The lowest BCUT2D eigenvalue weighted by Crippen LogP contribution is -2.02. The van der Waals surface area contributed by atoms with Crippen LogP contribution >= 0.6 is 15.9 Å². The Hall–Kier alpha value is -1.54. The van der Waals surface area contributed by atoms with E-state index in [0.29, 0.717) is 6.04 Å². The number of rotatable bonds is 2. The molecule has 0 aliphatic heterocycles. The molecule has 0 atom stereocenters. The lowest BCUT2D eigenvalue weighted by molar-refractivity contribution is 0.629. The number of nitrogens with zero attached hydrogens (tertiary/aromatic N) is 1. The van der Waals surface area contributed by atoms with Gasteiger partial charge in [-0.15, -0.1) is 0 Å². The lowest BCUT2D eigenvalue weighted by atomic mass is 10.1. The van der Waals surface area contributed by atoms with Crippen LogP contribution < -0.4 is 0 Å². The first kappa shape index (κ1) is 12.5. The van der Waals surface area contributed by atoms with Gasteiger partial charge in [0.1, 0.15) is 0 Å². The number of hydrogen-bond acceptors (Lipinski definition) is 0. The van der Waals surface area contributed by atoms with Crippen molar-refractivity contribution in [3.05, 3.63) is 59.1 Å². The largest absolute Gasteiger partial charge is 0.338 e. The van der Waals surface area contributed by atoms with Gasteiger partial charge < -0.3 is 4.57 Å². The Morgan fingerprint density at radius 3 is 2.37 bits per heavy atom. The van der Waals surface area contributed by atoms with Gasteiger partial charge in [-0.05, 0) is 32.0 Å². The Balaban J connectivity index is 2.35. The predicted molar refractivity (Wildman–Crippen MR) is 85.5 cm³/mol. The molecule has 0 N–H and O–H groups in total. The molecule has 19 heavy (non-hydrogen) atoms. The number of aromatic nitrogens is 1. The summed E-state index contributed by atoms with van der Waals surface area (Å²) < 4.78 is 3.54. The standard InChI is InChI=1S/C17H16BrN/c1-12(2)19-16-10-6-3-7-13(16)11-17(19)14-8-4-5-9-15(14)18/h3-12H,1-2H3. The zero-order valence-corrected chi connectivity index (χ0v) is 12.7. The van der Waals surface area contributed by atoms with E-state index in [2.05, 4.69) is 88.9 Å². The summed E-state index contributed by atoms with van der Waals surface area (Å²) in [4.78, 5) is 0. The van der Waals surface area contributed by atoms with Crippen molar-refractivity contribution in [3.8, 4) is 11.3 Å². The molecule has 0 fully saturated rings. The summed E-state index contributed by atoms with van der Waals surface area (Å²) in [6.07, 6.45) is 0. The van der Waals surface area contributed by atoms with Crippen LogP contribution in [0.5, 0.6) is 0 Å². The minimum atomic E-state index is 0.432. The van der Waals surface area contributed by atoms with Gasteiger partial charge >= 0.3 is 0 Å². The van der Waals surface area contributed by atoms with E-state index in [1.807, 2.05) is 0 Å². The lowest BCUT2D eigenvalue weighted by Gasteiger charge is -2.15. The molecule has 0 spiro atoms. The van der Waals surface area contributed by atoms with Crippen LogP contribution in [0.3, 0.4) is 0 Å². The fraction of sp³-hybridized carbons (Fsp3) is 0.176. The number of halogens is 1. The van der Waals surface area contributed by atoms with E-state index in [9.17, 15) is 0 Å². The zero-order valence-electron chi connectivity index (χ0n) is 11.1. The molecule has 1 heterocycles. The Kier molecular flexibility index (Phi) is 3.19. The van der Waals surface area contributed by atoms with Gasteiger partial charge in [0.15, 0.2) is 0 Å². The van der Waals surface area contributed by atoms with Gasteiger partial charge in [-0.2, -0.15) is 0 Å². The molecule has 1 nitrogen and oxygen atoms in total. The molecule has 3 aromatic rings. The van der Waals surface area contributed by atoms with E-state index < -0.39 is 0 Å².